The second-order valence-corrected chi connectivity index (χ2v) is 5.84. The van der Waals surface area contributed by atoms with Crippen molar-refractivity contribution in [2.24, 2.45) is 17.6 Å². The van der Waals surface area contributed by atoms with Gasteiger partial charge in [0.15, 0.2) is 17.4 Å². The molecule has 2 unspecified atom stereocenters. The van der Waals surface area contributed by atoms with Gasteiger partial charge in [-0.25, -0.2) is 8.78 Å². The van der Waals surface area contributed by atoms with Crippen LogP contribution in [0, 0.1) is 28.9 Å². The number of amidine groups is 1. The molecule has 3 nitrogen and oxygen atoms in total. The Labute approximate surface area is 117 Å². The molecule has 5 heteroatoms. The van der Waals surface area contributed by atoms with Crippen LogP contribution in [-0.2, 0) is 0 Å². The quantitative estimate of drug-likeness (QED) is 0.659. The summed E-state index contributed by atoms with van der Waals surface area (Å²) >= 11 is 0. The number of halogens is 2. The summed E-state index contributed by atoms with van der Waals surface area (Å²) in [5.74, 6) is -1.35. The predicted octanol–water partition coefficient (Wildman–Crippen LogP) is 3.45. The highest BCUT2D eigenvalue weighted by atomic mass is 19.1. The lowest BCUT2D eigenvalue weighted by Gasteiger charge is -2.31. The Kier molecular flexibility index (Phi) is 4.26. The molecular formula is C15H20F2N2O. The summed E-state index contributed by atoms with van der Waals surface area (Å²) in [7, 11) is 0. The lowest BCUT2D eigenvalue weighted by atomic mass is 9.82. The van der Waals surface area contributed by atoms with Crippen LogP contribution in [0.15, 0.2) is 12.1 Å². The highest BCUT2D eigenvalue weighted by Gasteiger charge is 2.27. The summed E-state index contributed by atoms with van der Waals surface area (Å²) in [6, 6.07) is 2.08. The number of hydrogen-bond donors (Lipinski definition) is 2. The molecule has 2 atom stereocenters. The molecule has 2 rings (SSSR count). The van der Waals surface area contributed by atoms with Crippen molar-refractivity contribution in [1.82, 2.24) is 0 Å². The first kappa shape index (κ1) is 14.8. The number of nitrogens with two attached hydrogens (primary N) is 1. The van der Waals surface area contributed by atoms with E-state index in [1.807, 2.05) is 0 Å². The van der Waals surface area contributed by atoms with Crippen LogP contribution in [0.3, 0.4) is 0 Å². The molecule has 1 aliphatic carbocycles. The van der Waals surface area contributed by atoms with Gasteiger partial charge in [0.25, 0.3) is 0 Å². The van der Waals surface area contributed by atoms with Gasteiger partial charge in [-0.1, -0.05) is 13.8 Å². The topological polar surface area (TPSA) is 59.1 Å². The predicted molar refractivity (Wildman–Crippen MR) is 74.0 cm³/mol. The third-order valence-electron chi connectivity index (χ3n) is 3.73. The lowest BCUT2D eigenvalue weighted by Crippen LogP contribution is -2.29. The van der Waals surface area contributed by atoms with Crippen LogP contribution < -0.4 is 10.5 Å². The summed E-state index contributed by atoms with van der Waals surface area (Å²) in [6.07, 6.45) is 2.56. The van der Waals surface area contributed by atoms with Crippen LogP contribution in [0.1, 0.15) is 38.7 Å². The number of nitrogen functional groups attached to an aromatic ring is 1. The van der Waals surface area contributed by atoms with Crippen LogP contribution in [0.4, 0.5) is 8.78 Å². The molecule has 110 valence electrons. The maximum atomic E-state index is 13.9. The largest absolute Gasteiger partial charge is 0.484 e. The number of hydrogen-bond acceptors (Lipinski definition) is 2. The summed E-state index contributed by atoms with van der Waals surface area (Å²) < 4.78 is 33.3. The van der Waals surface area contributed by atoms with E-state index in [0.29, 0.717) is 11.8 Å². The summed E-state index contributed by atoms with van der Waals surface area (Å²) in [5, 5.41) is 7.21. The van der Waals surface area contributed by atoms with Gasteiger partial charge in [0.2, 0.25) is 0 Å². The van der Waals surface area contributed by atoms with E-state index in [9.17, 15) is 8.78 Å². The number of ether oxygens (including phenoxy) is 1. The smallest absolute Gasteiger partial charge is 0.191 e. The van der Waals surface area contributed by atoms with Crippen molar-refractivity contribution in [1.29, 1.82) is 5.41 Å². The van der Waals surface area contributed by atoms with Crippen molar-refractivity contribution in [2.45, 2.75) is 39.2 Å². The fraction of sp³-hybridized carbons (Fsp3) is 0.533. The molecule has 1 aromatic rings. The molecule has 0 bridgehead atoms. The first-order chi connectivity index (χ1) is 9.36. The highest BCUT2D eigenvalue weighted by Crippen LogP contribution is 2.33. The molecule has 0 amide bonds. The molecule has 1 saturated carbocycles. The van der Waals surface area contributed by atoms with Gasteiger partial charge < -0.3 is 10.5 Å². The SMILES string of the molecule is CC1CC(C)CC(Oc2c(F)cc(C(=N)N)cc2F)C1. The summed E-state index contributed by atoms with van der Waals surface area (Å²) in [4.78, 5) is 0. The van der Waals surface area contributed by atoms with Gasteiger partial charge in [-0.2, -0.15) is 0 Å². The Bertz CT molecular complexity index is 486. The Balaban J connectivity index is 2.19. The minimum absolute atomic E-state index is 0.0257. The van der Waals surface area contributed by atoms with E-state index in [-0.39, 0.29) is 23.3 Å². The zero-order valence-electron chi connectivity index (χ0n) is 11.7. The molecule has 0 radical (unpaired) electrons. The van der Waals surface area contributed by atoms with Gasteiger partial charge in [0, 0.05) is 5.56 Å². The van der Waals surface area contributed by atoms with Gasteiger partial charge in [-0.15, -0.1) is 0 Å². The van der Waals surface area contributed by atoms with Gasteiger partial charge in [0.1, 0.15) is 5.84 Å². The molecule has 0 spiro atoms. The fourth-order valence-corrected chi connectivity index (χ4v) is 2.96. The van der Waals surface area contributed by atoms with E-state index in [1.165, 1.54) is 0 Å². The Morgan fingerprint density at radius 3 is 2.10 bits per heavy atom. The average molecular weight is 282 g/mol. The van der Waals surface area contributed by atoms with Crippen LogP contribution >= 0.6 is 0 Å². The molecule has 0 aliphatic heterocycles. The zero-order chi connectivity index (χ0) is 14.9. The molecule has 3 N–H and O–H groups in total. The first-order valence-electron chi connectivity index (χ1n) is 6.87. The maximum absolute atomic E-state index is 13.9. The average Bonchev–Trinajstić information content (AvgIpc) is 2.32. The molecule has 1 aliphatic rings. The molecule has 20 heavy (non-hydrogen) atoms. The molecule has 0 heterocycles. The molecule has 1 aromatic carbocycles. The van der Waals surface area contributed by atoms with Gasteiger partial charge in [-0.3, -0.25) is 5.41 Å². The molecule has 0 aromatic heterocycles. The van der Waals surface area contributed by atoms with Crippen LogP contribution in [-0.4, -0.2) is 11.9 Å². The van der Waals surface area contributed by atoms with Gasteiger partial charge in [-0.05, 0) is 43.2 Å². The fourth-order valence-electron chi connectivity index (χ4n) is 2.96. The third kappa shape index (κ3) is 3.26. The standard InChI is InChI=1S/C15H20F2N2O/c1-8-3-9(2)5-11(4-8)20-14-12(16)6-10(15(18)19)7-13(14)17/h6-9,11H,3-5H2,1-2H3,(H3,18,19). The Hall–Kier alpha value is -1.65. The maximum Gasteiger partial charge on any atom is 0.191 e. The highest BCUT2D eigenvalue weighted by molar-refractivity contribution is 5.95. The molecule has 1 fully saturated rings. The molecular weight excluding hydrogens is 262 g/mol. The van der Waals surface area contributed by atoms with Gasteiger partial charge >= 0.3 is 0 Å². The van der Waals surface area contributed by atoms with Crippen molar-refractivity contribution in [3.8, 4) is 5.75 Å². The van der Waals surface area contributed by atoms with E-state index in [4.69, 9.17) is 15.9 Å². The zero-order valence-corrected chi connectivity index (χ0v) is 11.7. The van der Waals surface area contributed by atoms with Crippen LogP contribution in [0.5, 0.6) is 5.75 Å². The van der Waals surface area contributed by atoms with Crippen LogP contribution in [0.2, 0.25) is 0 Å². The molecule has 0 saturated heterocycles. The van der Waals surface area contributed by atoms with E-state index in [1.54, 1.807) is 0 Å². The van der Waals surface area contributed by atoms with E-state index < -0.39 is 11.6 Å². The Morgan fingerprint density at radius 2 is 1.65 bits per heavy atom. The third-order valence-corrected chi connectivity index (χ3v) is 3.73. The van der Waals surface area contributed by atoms with Crippen molar-refractivity contribution < 1.29 is 13.5 Å². The Morgan fingerprint density at radius 1 is 1.15 bits per heavy atom. The summed E-state index contributed by atoms with van der Waals surface area (Å²) in [6.45, 7) is 4.25. The minimum atomic E-state index is -0.805. The van der Waals surface area contributed by atoms with Crippen molar-refractivity contribution in [2.75, 3.05) is 0 Å². The number of benzene rings is 1. The first-order valence-corrected chi connectivity index (χ1v) is 6.87. The van der Waals surface area contributed by atoms with E-state index in [0.717, 1.165) is 31.4 Å². The lowest BCUT2D eigenvalue weighted by molar-refractivity contribution is 0.0927. The van der Waals surface area contributed by atoms with Crippen molar-refractivity contribution in [3.63, 3.8) is 0 Å². The van der Waals surface area contributed by atoms with Crippen molar-refractivity contribution in [3.05, 3.63) is 29.3 Å². The number of rotatable bonds is 3. The van der Waals surface area contributed by atoms with E-state index in [2.05, 4.69) is 13.8 Å². The van der Waals surface area contributed by atoms with Crippen LogP contribution in [0.25, 0.3) is 0 Å². The summed E-state index contributed by atoms with van der Waals surface area (Å²) in [5.41, 5.74) is 5.26. The van der Waals surface area contributed by atoms with Crippen molar-refractivity contribution >= 4 is 5.84 Å². The van der Waals surface area contributed by atoms with Gasteiger partial charge in [0.05, 0.1) is 6.10 Å². The number of nitrogens with one attached hydrogen (secondary N) is 1. The second-order valence-electron chi connectivity index (χ2n) is 5.84. The normalized spacial score (nSPS) is 26.3. The van der Waals surface area contributed by atoms with E-state index >= 15 is 0 Å². The minimum Gasteiger partial charge on any atom is -0.484 e. The monoisotopic (exact) mass is 282 g/mol. The second kappa shape index (κ2) is 5.77.